The van der Waals surface area contributed by atoms with Gasteiger partial charge in [0.25, 0.3) is 5.91 Å². The third-order valence-electron chi connectivity index (χ3n) is 2.87. The summed E-state index contributed by atoms with van der Waals surface area (Å²) in [6, 6.07) is 0. The molecule has 0 atom stereocenters. The molecule has 0 spiro atoms. The second-order valence-corrected chi connectivity index (χ2v) is 4.16. The van der Waals surface area contributed by atoms with Crippen molar-refractivity contribution >= 4 is 17.4 Å². The standard InChI is InChI=1S/C11H16N8O/c1-6(8-7(2)19(4)18-16-8)15-17-10-9(11(20)12-3)13-5-14-10/h5,17H,1-4H3,(H,12,20)(H,13,14)/b15-6+. The van der Waals surface area contributed by atoms with Crippen LogP contribution in [0.25, 0.3) is 0 Å². The summed E-state index contributed by atoms with van der Waals surface area (Å²) in [6.45, 7) is 3.70. The van der Waals surface area contributed by atoms with E-state index in [0.29, 0.717) is 22.9 Å². The van der Waals surface area contributed by atoms with Crippen molar-refractivity contribution in [2.75, 3.05) is 12.5 Å². The van der Waals surface area contributed by atoms with Gasteiger partial charge in [-0.1, -0.05) is 5.21 Å². The molecule has 0 aliphatic heterocycles. The Hall–Kier alpha value is -2.71. The minimum absolute atomic E-state index is 0.270. The average molecular weight is 276 g/mol. The van der Waals surface area contributed by atoms with Crippen molar-refractivity contribution in [2.24, 2.45) is 12.1 Å². The molecule has 0 aliphatic rings. The first kappa shape index (κ1) is 13.7. The molecule has 9 nitrogen and oxygen atoms in total. The van der Waals surface area contributed by atoms with Crippen molar-refractivity contribution in [3.63, 3.8) is 0 Å². The number of aromatic nitrogens is 5. The summed E-state index contributed by atoms with van der Waals surface area (Å²) in [5.74, 6) is 0.0822. The van der Waals surface area contributed by atoms with E-state index in [1.54, 1.807) is 18.7 Å². The number of carbonyl (C=O) groups is 1. The molecule has 0 fully saturated rings. The molecule has 0 bridgehead atoms. The van der Waals surface area contributed by atoms with Crippen LogP contribution in [0.2, 0.25) is 0 Å². The minimum atomic E-state index is -0.270. The van der Waals surface area contributed by atoms with Crippen LogP contribution in [0.15, 0.2) is 11.4 Å². The van der Waals surface area contributed by atoms with Crippen LogP contribution in [0.1, 0.15) is 28.8 Å². The zero-order valence-corrected chi connectivity index (χ0v) is 11.7. The molecule has 1 amide bonds. The molecular weight excluding hydrogens is 260 g/mol. The molecule has 0 saturated heterocycles. The van der Waals surface area contributed by atoms with Crippen LogP contribution >= 0.6 is 0 Å². The third-order valence-corrected chi connectivity index (χ3v) is 2.87. The van der Waals surface area contributed by atoms with Crippen LogP contribution in [0.3, 0.4) is 0 Å². The number of hydrogen-bond acceptors (Lipinski definition) is 6. The highest BCUT2D eigenvalue weighted by Gasteiger charge is 2.13. The number of hydrazone groups is 1. The highest BCUT2D eigenvalue weighted by molar-refractivity contribution is 5.99. The van der Waals surface area contributed by atoms with Crippen LogP contribution in [0, 0.1) is 6.92 Å². The normalized spacial score (nSPS) is 11.5. The summed E-state index contributed by atoms with van der Waals surface area (Å²) in [5.41, 5.74) is 5.32. The molecular formula is C11H16N8O. The summed E-state index contributed by atoms with van der Waals surface area (Å²) in [7, 11) is 3.36. The third kappa shape index (κ3) is 2.51. The topological polar surface area (TPSA) is 113 Å². The Morgan fingerprint density at radius 3 is 2.85 bits per heavy atom. The molecule has 2 heterocycles. The first-order chi connectivity index (χ1) is 9.54. The maximum atomic E-state index is 11.6. The fourth-order valence-corrected chi connectivity index (χ4v) is 1.61. The van der Waals surface area contributed by atoms with Crippen molar-refractivity contribution in [3.05, 3.63) is 23.4 Å². The van der Waals surface area contributed by atoms with Gasteiger partial charge in [-0.3, -0.25) is 14.9 Å². The minimum Gasteiger partial charge on any atom is -0.354 e. The Morgan fingerprint density at radius 1 is 1.50 bits per heavy atom. The van der Waals surface area contributed by atoms with Crippen molar-refractivity contribution in [1.29, 1.82) is 0 Å². The zero-order valence-electron chi connectivity index (χ0n) is 11.7. The van der Waals surface area contributed by atoms with Crippen LogP contribution in [0.5, 0.6) is 0 Å². The maximum Gasteiger partial charge on any atom is 0.271 e. The summed E-state index contributed by atoms with van der Waals surface area (Å²) in [5, 5.41) is 14.6. The fraction of sp³-hybridized carbons (Fsp3) is 0.364. The van der Waals surface area contributed by atoms with Gasteiger partial charge in [-0.25, -0.2) is 4.98 Å². The number of nitrogens with zero attached hydrogens (tertiary/aromatic N) is 5. The van der Waals surface area contributed by atoms with Gasteiger partial charge in [0, 0.05) is 14.1 Å². The maximum absolute atomic E-state index is 11.6. The molecule has 0 aliphatic carbocycles. The van der Waals surface area contributed by atoms with Crippen molar-refractivity contribution in [2.45, 2.75) is 13.8 Å². The first-order valence-corrected chi connectivity index (χ1v) is 5.97. The number of aromatic amines is 1. The molecule has 0 saturated carbocycles. The van der Waals surface area contributed by atoms with Crippen LogP contribution in [-0.2, 0) is 7.05 Å². The molecule has 2 aromatic rings. The van der Waals surface area contributed by atoms with Crippen LogP contribution in [0.4, 0.5) is 5.82 Å². The first-order valence-electron chi connectivity index (χ1n) is 5.97. The monoisotopic (exact) mass is 276 g/mol. The van der Waals surface area contributed by atoms with Gasteiger partial charge in [0.15, 0.2) is 5.82 Å². The quantitative estimate of drug-likeness (QED) is 0.539. The van der Waals surface area contributed by atoms with Gasteiger partial charge >= 0.3 is 0 Å². The number of rotatable bonds is 4. The van der Waals surface area contributed by atoms with Gasteiger partial charge in [0.05, 0.1) is 17.7 Å². The Bertz CT molecular complexity index is 653. The average Bonchev–Trinajstić information content (AvgIpc) is 3.03. The number of carbonyl (C=O) groups excluding carboxylic acids is 1. The second-order valence-electron chi connectivity index (χ2n) is 4.16. The van der Waals surface area contributed by atoms with E-state index in [9.17, 15) is 4.79 Å². The molecule has 9 heteroatoms. The van der Waals surface area contributed by atoms with E-state index >= 15 is 0 Å². The fourth-order valence-electron chi connectivity index (χ4n) is 1.61. The predicted molar refractivity (Wildman–Crippen MR) is 73.6 cm³/mol. The van der Waals surface area contributed by atoms with Gasteiger partial charge in [-0.05, 0) is 13.8 Å². The van der Waals surface area contributed by atoms with E-state index in [1.807, 2.05) is 14.0 Å². The van der Waals surface area contributed by atoms with E-state index in [4.69, 9.17) is 0 Å². The summed E-state index contributed by atoms with van der Waals surface area (Å²) >= 11 is 0. The number of amides is 1. The number of nitrogens with one attached hydrogen (secondary N) is 3. The lowest BCUT2D eigenvalue weighted by molar-refractivity contribution is 0.0959. The molecule has 20 heavy (non-hydrogen) atoms. The molecule has 0 radical (unpaired) electrons. The van der Waals surface area contributed by atoms with Crippen molar-refractivity contribution < 1.29 is 4.79 Å². The highest BCUT2D eigenvalue weighted by Crippen LogP contribution is 2.10. The number of anilines is 1. The number of aryl methyl sites for hydroxylation is 1. The predicted octanol–water partition coefficient (Wildman–Crippen LogP) is 0.0423. The van der Waals surface area contributed by atoms with E-state index in [-0.39, 0.29) is 5.91 Å². The Labute approximate surface area is 115 Å². The number of hydrogen-bond donors (Lipinski definition) is 3. The largest absolute Gasteiger partial charge is 0.354 e. The van der Waals surface area contributed by atoms with Gasteiger partial charge in [0.1, 0.15) is 11.4 Å². The number of H-pyrrole nitrogens is 1. The van der Waals surface area contributed by atoms with Crippen LogP contribution < -0.4 is 10.7 Å². The summed E-state index contributed by atoms with van der Waals surface area (Å²) < 4.78 is 1.67. The molecule has 2 aromatic heterocycles. The Balaban J connectivity index is 2.19. The Kier molecular flexibility index (Phi) is 3.78. The molecule has 3 N–H and O–H groups in total. The molecule has 106 valence electrons. The SMILES string of the molecule is CNC(=O)c1[nH]cnc1N/N=C(\C)c1nnn(C)c1C. The van der Waals surface area contributed by atoms with E-state index in [2.05, 4.69) is 36.1 Å². The summed E-state index contributed by atoms with van der Waals surface area (Å²) in [6.07, 6.45) is 1.42. The van der Waals surface area contributed by atoms with Crippen molar-refractivity contribution in [3.8, 4) is 0 Å². The van der Waals surface area contributed by atoms with Gasteiger partial charge in [0.2, 0.25) is 0 Å². The van der Waals surface area contributed by atoms with E-state index < -0.39 is 0 Å². The molecule has 0 unspecified atom stereocenters. The van der Waals surface area contributed by atoms with E-state index in [1.165, 1.54) is 6.33 Å². The number of imidazole rings is 1. The smallest absolute Gasteiger partial charge is 0.271 e. The zero-order chi connectivity index (χ0) is 14.7. The Morgan fingerprint density at radius 2 is 2.25 bits per heavy atom. The molecule has 2 rings (SSSR count). The van der Waals surface area contributed by atoms with Crippen molar-refractivity contribution in [1.82, 2.24) is 30.3 Å². The highest BCUT2D eigenvalue weighted by atomic mass is 16.1. The van der Waals surface area contributed by atoms with Gasteiger partial charge in [-0.15, -0.1) is 5.10 Å². The lowest BCUT2D eigenvalue weighted by Gasteiger charge is -2.02. The lowest BCUT2D eigenvalue weighted by atomic mass is 10.2. The van der Waals surface area contributed by atoms with E-state index in [0.717, 1.165) is 5.69 Å². The van der Waals surface area contributed by atoms with Gasteiger partial charge in [-0.2, -0.15) is 5.10 Å². The summed E-state index contributed by atoms with van der Waals surface area (Å²) in [4.78, 5) is 18.3. The van der Waals surface area contributed by atoms with Crippen LogP contribution in [-0.4, -0.2) is 43.6 Å². The van der Waals surface area contributed by atoms with Gasteiger partial charge < -0.3 is 10.3 Å². The second kappa shape index (κ2) is 5.51. The molecule has 0 aromatic carbocycles. The lowest BCUT2D eigenvalue weighted by Crippen LogP contribution is -2.19.